The molecule has 5 heteroatoms. The van der Waals surface area contributed by atoms with E-state index in [4.69, 9.17) is 15.0 Å². The molecular weight excluding hydrogens is 218 g/mol. The standard InChI is InChI=1S/C12H21N3O2/c1-11(2,12(3,4)13)10-14-9(15-17-10)8-5-6-16-7-8/h8H,5-7,13H2,1-4H3. The average Bonchev–Trinajstić information content (AvgIpc) is 2.87. The molecule has 5 nitrogen and oxygen atoms in total. The lowest BCUT2D eigenvalue weighted by Crippen LogP contribution is -2.50. The van der Waals surface area contributed by atoms with Crippen LogP contribution in [0.1, 0.15) is 51.7 Å². The Morgan fingerprint density at radius 2 is 2.00 bits per heavy atom. The van der Waals surface area contributed by atoms with E-state index in [9.17, 15) is 0 Å². The molecule has 1 aromatic rings. The van der Waals surface area contributed by atoms with Crippen LogP contribution in [0.25, 0.3) is 0 Å². The molecule has 1 aliphatic rings. The highest BCUT2D eigenvalue weighted by molar-refractivity contribution is 5.12. The molecule has 17 heavy (non-hydrogen) atoms. The van der Waals surface area contributed by atoms with Crippen molar-refractivity contribution in [1.82, 2.24) is 10.1 Å². The number of aromatic nitrogens is 2. The van der Waals surface area contributed by atoms with Crippen LogP contribution < -0.4 is 5.73 Å². The molecule has 0 spiro atoms. The van der Waals surface area contributed by atoms with Gasteiger partial charge in [-0.15, -0.1) is 0 Å². The van der Waals surface area contributed by atoms with E-state index in [0.29, 0.717) is 12.5 Å². The van der Waals surface area contributed by atoms with Crippen LogP contribution in [0.15, 0.2) is 4.52 Å². The number of hydrogen-bond donors (Lipinski definition) is 1. The zero-order chi connectivity index (χ0) is 12.7. The monoisotopic (exact) mass is 239 g/mol. The predicted molar refractivity (Wildman–Crippen MR) is 63.8 cm³/mol. The lowest BCUT2D eigenvalue weighted by molar-refractivity contribution is 0.192. The van der Waals surface area contributed by atoms with Crippen LogP contribution in [-0.4, -0.2) is 28.9 Å². The van der Waals surface area contributed by atoms with Gasteiger partial charge in [-0.3, -0.25) is 0 Å². The van der Waals surface area contributed by atoms with Crippen molar-refractivity contribution in [2.75, 3.05) is 13.2 Å². The summed E-state index contributed by atoms with van der Waals surface area (Å²) in [7, 11) is 0. The summed E-state index contributed by atoms with van der Waals surface area (Å²) >= 11 is 0. The van der Waals surface area contributed by atoms with Gasteiger partial charge in [-0.05, 0) is 34.1 Å². The molecule has 2 heterocycles. The third-order valence-electron chi connectivity index (χ3n) is 3.88. The normalized spacial score (nSPS) is 22.1. The number of nitrogens with zero attached hydrogens (tertiary/aromatic N) is 2. The van der Waals surface area contributed by atoms with E-state index in [1.807, 2.05) is 27.7 Å². The summed E-state index contributed by atoms with van der Waals surface area (Å²) in [5.74, 6) is 1.62. The Morgan fingerprint density at radius 1 is 1.29 bits per heavy atom. The molecule has 0 radical (unpaired) electrons. The van der Waals surface area contributed by atoms with Crippen LogP contribution in [0.5, 0.6) is 0 Å². The van der Waals surface area contributed by atoms with Crippen LogP contribution >= 0.6 is 0 Å². The fourth-order valence-corrected chi connectivity index (χ4v) is 1.67. The van der Waals surface area contributed by atoms with E-state index in [1.54, 1.807) is 0 Å². The summed E-state index contributed by atoms with van der Waals surface area (Å²) in [6, 6.07) is 0. The van der Waals surface area contributed by atoms with Gasteiger partial charge in [0.25, 0.3) is 0 Å². The number of ether oxygens (including phenoxy) is 1. The van der Waals surface area contributed by atoms with Crippen molar-refractivity contribution >= 4 is 0 Å². The molecule has 1 aliphatic heterocycles. The average molecular weight is 239 g/mol. The molecule has 0 amide bonds. The maximum atomic E-state index is 6.16. The SMILES string of the molecule is CC(C)(N)C(C)(C)c1nc(C2CCOC2)no1. The molecule has 1 saturated heterocycles. The Labute approximate surface area is 102 Å². The van der Waals surface area contributed by atoms with Gasteiger partial charge in [0.05, 0.1) is 12.0 Å². The number of hydrogen-bond acceptors (Lipinski definition) is 5. The van der Waals surface area contributed by atoms with Crippen LogP contribution in [-0.2, 0) is 10.2 Å². The molecule has 0 aromatic carbocycles. The molecule has 1 unspecified atom stereocenters. The number of rotatable bonds is 3. The fraction of sp³-hybridized carbons (Fsp3) is 0.833. The Kier molecular flexibility index (Phi) is 2.99. The molecule has 2 N–H and O–H groups in total. The first kappa shape index (κ1) is 12.5. The van der Waals surface area contributed by atoms with Gasteiger partial charge in [-0.25, -0.2) is 0 Å². The third kappa shape index (κ3) is 2.21. The van der Waals surface area contributed by atoms with Gasteiger partial charge in [-0.2, -0.15) is 4.98 Å². The zero-order valence-electron chi connectivity index (χ0n) is 11.0. The van der Waals surface area contributed by atoms with Crippen LogP contribution in [0.4, 0.5) is 0 Å². The van der Waals surface area contributed by atoms with E-state index in [0.717, 1.165) is 18.9 Å². The van der Waals surface area contributed by atoms with E-state index < -0.39 is 5.54 Å². The predicted octanol–water partition coefficient (Wildman–Crippen LogP) is 1.59. The molecule has 1 aromatic heterocycles. The van der Waals surface area contributed by atoms with Crippen molar-refractivity contribution in [1.29, 1.82) is 0 Å². The van der Waals surface area contributed by atoms with Crippen LogP contribution in [0.2, 0.25) is 0 Å². The van der Waals surface area contributed by atoms with Gasteiger partial charge >= 0.3 is 0 Å². The molecule has 0 saturated carbocycles. The van der Waals surface area contributed by atoms with Crippen molar-refractivity contribution < 1.29 is 9.26 Å². The molecule has 96 valence electrons. The van der Waals surface area contributed by atoms with Crippen molar-refractivity contribution in [3.05, 3.63) is 11.7 Å². The molecule has 1 fully saturated rings. The topological polar surface area (TPSA) is 74.2 Å². The maximum absolute atomic E-state index is 6.16. The molecule has 0 bridgehead atoms. The minimum atomic E-state index is -0.414. The Bertz CT molecular complexity index is 387. The molecule has 0 aliphatic carbocycles. The lowest BCUT2D eigenvalue weighted by atomic mass is 9.75. The van der Waals surface area contributed by atoms with Gasteiger partial charge in [0, 0.05) is 18.1 Å². The highest BCUT2D eigenvalue weighted by Gasteiger charge is 2.40. The quantitative estimate of drug-likeness (QED) is 0.867. The highest BCUT2D eigenvalue weighted by Crippen LogP contribution is 2.33. The van der Waals surface area contributed by atoms with Gasteiger partial charge in [0.1, 0.15) is 0 Å². The number of nitrogens with two attached hydrogens (primary N) is 1. The van der Waals surface area contributed by atoms with Crippen molar-refractivity contribution in [2.45, 2.75) is 51.0 Å². The van der Waals surface area contributed by atoms with Gasteiger partial charge in [0.15, 0.2) is 5.82 Å². The Morgan fingerprint density at radius 3 is 2.53 bits per heavy atom. The second-order valence-electron chi connectivity index (χ2n) is 5.86. The van der Waals surface area contributed by atoms with Crippen LogP contribution in [0.3, 0.4) is 0 Å². The first-order chi connectivity index (χ1) is 7.82. The maximum Gasteiger partial charge on any atom is 0.234 e. The highest BCUT2D eigenvalue weighted by atomic mass is 16.5. The van der Waals surface area contributed by atoms with Crippen molar-refractivity contribution in [2.24, 2.45) is 5.73 Å². The van der Waals surface area contributed by atoms with Crippen molar-refractivity contribution in [3.63, 3.8) is 0 Å². The largest absolute Gasteiger partial charge is 0.381 e. The second-order valence-corrected chi connectivity index (χ2v) is 5.86. The van der Waals surface area contributed by atoms with Gasteiger partial charge in [-0.1, -0.05) is 5.16 Å². The Hall–Kier alpha value is -0.940. The van der Waals surface area contributed by atoms with E-state index in [1.165, 1.54) is 0 Å². The summed E-state index contributed by atoms with van der Waals surface area (Å²) in [6.45, 7) is 9.45. The van der Waals surface area contributed by atoms with Crippen molar-refractivity contribution in [3.8, 4) is 0 Å². The molecule has 1 atom stereocenters. The molecule has 2 rings (SSSR count). The Balaban J connectivity index is 2.23. The fourth-order valence-electron chi connectivity index (χ4n) is 1.67. The van der Waals surface area contributed by atoms with E-state index >= 15 is 0 Å². The van der Waals surface area contributed by atoms with Gasteiger partial charge < -0.3 is 15.0 Å². The smallest absolute Gasteiger partial charge is 0.234 e. The third-order valence-corrected chi connectivity index (χ3v) is 3.88. The first-order valence-corrected chi connectivity index (χ1v) is 6.03. The minimum Gasteiger partial charge on any atom is -0.381 e. The second kappa shape index (κ2) is 4.07. The van der Waals surface area contributed by atoms with Gasteiger partial charge in [0.2, 0.25) is 5.89 Å². The summed E-state index contributed by atoms with van der Waals surface area (Å²) in [4.78, 5) is 4.49. The molecular formula is C12H21N3O2. The van der Waals surface area contributed by atoms with E-state index in [2.05, 4.69) is 10.1 Å². The summed E-state index contributed by atoms with van der Waals surface area (Å²) in [5, 5.41) is 4.06. The zero-order valence-corrected chi connectivity index (χ0v) is 11.0. The summed E-state index contributed by atoms with van der Waals surface area (Å²) in [5.41, 5.74) is 5.39. The van der Waals surface area contributed by atoms with Crippen LogP contribution in [0, 0.1) is 0 Å². The minimum absolute atomic E-state index is 0.268. The lowest BCUT2D eigenvalue weighted by Gasteiger charge is -2.34. The first-order valence-electron chi connectivity index (χ1n) is 6.03. The summed E-state index contributed by atoms with van der Waals surface area (Å²) < 4.78 is 10.7. The van der Waals surface area contributed by atoms with E-state index in [-0.39, 0.29) is 11.3 Å². The summed E-state index contributed by atoms with van der Waals surface area (Å²) in [6.07, 6.45) is 0.964.